The molecule has 0 aliphatic heterocycles. The molecule has 80 valence electrons. The van der Waals surface area contributed by atoms with Crippen LogP contribution in [0.25, 0.3) is 10.6 Å². The van der Waals surface area contributed by atoms with Crippen molar-refractivity contribution in [3.05, 3.63) is 17.8 Å². The molecule has 0 radical (unpaired) electrons. The Morgan fingerprint density at radius 1 is 1.53 bits per heavy atom. The smallest absolute Gasteiger partial charge is 0.149 e. The van der Waals surface area contributed by atoms with Crippen LogP contribution in [0, 0.1) is 5.92 Å². The Morgan fingerprint density at radius 2 is 2.33 bits per heavy atom. The van der Waals surface area contributed by atoms with Crippen molar-refractivity contribution in [2.75, 3.05) is 5.73 Å². The Balaban J connectivity index is 2.40. The van der Waals surface area contributed by atoms with Gasteiger partial charge in [-0.25, -0.2) is 4.37 Å². The molecule has 0 unspecified atom stereocenters. The Hall–Kier alpha value is -1.36. The molecule has 0 aromatic carbocycles. The van der Waals surface area contributed by atoms with Crippen LogP contribution < -0.4 is 5.73 Å². The lowest BCUT2D eigenvalue weighted by atomic mass is 10.0. The topological polar surface area (TPSA) is 67.6 Å². The minimum Gasteiger partial charge on any atom is -0.382 e. The number of aromatic amines is 1. The fraction of sp³-hybridized carbons (Fsp3) is 0.400. The third-order valence-electron chi connectivity index (χ3n) is 2.20. The van der Waals surface area contributed by atoms with Crippen LogP contribution in [-0.4, -0.2) is 14.6 Å². The van der Waals surface area contributed by atoms with Crippen molar-refractivity contribution in [2.24, 2.45) is 5.92 Å². The second kappa shape index (κ2) is 4.02. The summed E-state index contributed by atoms with van der Waals surface area (Å²) in [4.78, 5) is 1.09. The summed E-state index contributed by atoms with van der Waals surface area (Å²) in [6, 6.07) is 1.97. The van der Waals surface area contributed by atoms with E-state index in [4.69, 9.17) is 5.73 Å². The first kappa shape index (κ1) is 10.2. The lowest BCUT2D eigenvalue weighted by Crippen LogP contribution is -1.98. The van der Waals surface area contributed by atoms with E-state index in [1.807, 2.05) is 6.07 Å². The fourth-order valence-corrected chi connectivity index (χ4v) is 2.16. The summed E-state index contributed by atoms with van der Waals surface area (Å²) in [5.41, 5.74) is 7.96. The monoisotopic (exact) mass is 222 g/mol. The Labute approximate surface area is 92.7 Å². The summed E-state index contributed by atoms with van der Waals surface area (Å²) in [7, 11) is 0. The number of hydrogen-bond acceptors (Lipinski definition) is 4. The van der Waals surface area contributed by atoms with Gasteiger partial charge < -0.3 is 5.73 Å². The molecule has 0 amide bonds. The average Bonchev–Trinajstić information content (AvgIpc) is 2.76. The highest BCUT2D eigenvalue weighted by molar-refractivity contribution is 7.09. The Kier molecular flexibility index (Phi) is 2.73. The summed E-state index contributed by atoms with van der Waals surface area (Å²) in [5, 5.41) is 7.03. The quantitative estimate of drug-likeness (QED) is 0.837. The zero-order chi connectivity index (χ0) is 10.8. The molecule has 15 heavy (non-hydrogen) atoms. The van der Waals surface area contributed by atoms with Crippen molar-refractivity contribution in [3.8, 4) is 10.6 Å². The summed E-state index contributed by atoms with van der Waals surface area (Å²) < 4.78 is 4.08. The van der Waals surface area contributed by atoms with Crippen LogP contribution in [0.5, 0.6) is 0 Å². The number of rotatable bonds is 3. The molecular formula is C10H14N4S. The van der Waals surface area contributed by atoms with E-state index in [2.05, 4.69) is 28.4 Å². The molecule has 4 nitrogen and oxygen atoms in total. The molecular weight excluding hydrogens is 208 g/mol. The molecule has 2 aromatic heterocycles. The number of nitrogens with one attached hydrogen (secondary N) is 1. The predicted molar refractivity (Wildman–Crippen MR) is 62.7 cm³/mol. The lowest BCUT2D eigenvalue weighted by molar-refractivity contribution is 0.649. The molecule has 0 saturated heterocycles. The van der Waals surface area contributed by atoms with Crippen LogP contribution in [-0.2, 0) is 6.42 Å². The maximum Gasteiger partial charge on any atom is 0.149 e. The average molecular weight is 222 g/mol. The fourth-order valence-electron chi connectivity index (χ4n) is 1.54. The van der Waals surface area contributed by atoms with Gasteiger partial charge in [0.05, 0.1) is 10.6 Å². The number of H-pyrrole nitrogens is 1. The number of nitrogens with two attached hydrogens (primary N) is 1. The highest BCUT2D eigenvalue weighted by atomic mass is 32.1. The highest BCUT2D eigenvalue weighted by Gasteiger charge is 2.14. The van der Waals surface area contributed by atoms with Crippen molar-refractivity contribution < 1.29 is 0 Å². The molecule has 0 spiro atoms. The predicted octanol–water partition coefficient (Wildman–Crippen LogP) is 2.31. The van der Waals surface area contributed by atoms with E-state index in [0.717, 1.165) is 22.6 Å². The van der Waals surface area contributed by atoms with E-state index in [1.165, 1.54) is 11.5 Å². The van der Waals surface area contributed by atoms with Gasteiger partial charge in [0.25, 0.3) is 0 Å². The third kappa shape index (κ3) is 2.02. The van der Waals surface area contributed by atoms with E-state index in [-0.39, 0.29) is 0 Å². The van der Waals surface area contributed by atoms with Gasteiger partial charge in [-0.3, -0.25) is 5.10 Å². The molecule has 0 aliphatic carbocycles. The van der Waals surface area contributed by atoms with E-state index < -0.39 is 0 Å². The van der Waals surface area contributed by atoms with Gasteiger partial charge in [-0.2, -0.15) is 5.10 Å². The van der Waals surface area contributed by atoms with E-state index >= 15 is 0 Å². The molecule has 3 N–H and O–H groups in total. The first-order valence-corrected chi connectivity index (χ1v) is 5.69. The van der Waals surface area contributed by atoms with Crippen molar-refractivity contribution in [1.29, 1.82) is 0 Å². The van der Waals surface area contributed by atoms with E-state index in [0.29, 0.717) is 11.7 Å². The molecule has 0 saturated carbocycles. The minimum atomic E-state index is 0.566. The van der Waals surface area contributed by atoms with E-state index in [9.17, 15) is 0 Å². The van der Waals surface area contributed by atoms with Crippen LogP contribution in [0.15, 0.2) is 12.3 Å². The zero-order valence-electron chi connectivity index (χ0n) is 8.82. The van der Waals surface area contributed by atoms with Crippen molar-refractivity contribution in [1.82, 2.24) is 14.6 Å². The standard InChI is InChI=1S/C10H14N4S/c1-6(2)5-7-9(13-14-10(7)11)8-3-4-12-15-8/h3-4,6H,5H2,1-2H3,(H3,11,13,14). The Morgan fingerprint density at radius 3 is 2.93 bits per heavy atom. The van der Waals surface area contributed by atoms with E-state index in [1.54, 1.807) is 6.20 Å². The van der Waals surface area contributed by atoms with Gasteiger partial charge in [-0.1, -0.05) is 13.8 Å². The number of nitrogens with zero attached hydrogens (tertiary/aromatic N) is 2. The lowest BCUT2D eigenvalue weighted by Gasteiger charge is -2.04. The SMILES string of the molecule is CC(C)Cc1c(N)n[nH]c1-c1ccns1. The molecule has 0 atom stereocenters. The van der Waals surface area contributed by atoms with Gasteiger partial charge in [0, 0.05) is 11.8 Å². The van der Waals surface area contributed by atoms with Gasteiger partial charge >= 0.3 is 0 Å². The zero-order valence-corrected chi connectivity index (χ0v) is 9.64. The first-order valence-electron chi connectivity index (χ1n) is 4.92. The second-order valence-electron chi connectivity index (χ2n) is 3.94. The van der Waals surface area contributed by atoms with Crippen LogP contribution in [0.2, 0.25) is 0 Å². The summed E-state index contributed by atoms with van der Waals surface area (Å²) in [6.07, 6.45) is 2.73. The molecule has 0 bridgehead atoms. The molecule has 0 fully saturated rings. The maximum atomic E-state index is 5.84. The summed E-state index contributed by atoms with van der Waals surface area (Å²) in [6.45, 7) is 4.34. The maximum absolute atomic E-state index is 5.84. The molecule has 2 rings (SSSR count). The third-order valence-corrected chi connectivity index (χ3v) is 2.96. The Bertz CT molecular complexity index is 430. The number of anilines is 1. The largest absolute Gasteiger partial charge is 0.382 e. The van der Waals surface area contributed by atoms with Crippen LogP contribution in [0.4, 0.5) is 5.82 Å². The summed E-state index contributed by atoms with van der Waals surface area (Å²) in [5.74, 6) is 1.17. The van der Waals surface area contributed by atoms with Gasteiger partial charge in [-0.15, -0.1) is 0 Å². The van der Waals surface area contributed by atoms with Gasteiger partial charge in [-0.05, 0) is 29.9 Å². The van der Waals surface area contributed by atoms with Gasteiger partial charge in [0.2, 0.25) is 0 Å². The molecule has 2 heterocycles. The highest BCUT2D eigenvalue weighted by Crippen LogP contribution is 2.29. The van der Waals surface area contributed by atoms with Gasteiger partial charge in [0.15, 0.2) is 0 Å². The normalized spacial score (nSPS) is 11.1. The number of aromatic nitrogens is 3. The van der Waals surface area contributed by atoms with Crippen molar-refractivity contribution in [2.45, 2.75) is 20.3 Å². The molecule has 2 aromatic rings. The van der Waals surface area contributed by atoms with Crippen molar-refractivity contribution >= 4 is 17.4 Å². The van der Waals surface area contributed by atoms with Crippen molar-refractivity contribution in [3.63, 3.8) is 0 Å². The van der Waals surface area contributed by atoms with Gasteiger partial charge in [0.1, 0.15) is 5.82 Å². The first-order chi connectivity index (χ1) is 7.18. The van der Waals surface area contributed by atoms with Crippen LogP contribution in [0.1, 0.15) is 19.4 Å². The molecule has 5 heteroatoms. The minimum absolute atomic E-state index is 0.566. The summed E-state index contributed by atoms with van der Waals surface area (Å²) >= 11 is 1.45. The second-order valence-corrected chi connectivity index (χ2v) is 4.77. The number of nitrogen functional groups attached to an aromatic ring is 1. The number of hydrogen-bond donors (Lipinski definition) is 2. The molecule has 0 aliphatic rings. The van der Waals surface area contributed by atoms with Crippen LogP contribution >= 0.6 is 11.5 Å². The van der Waals surface area contributed by atoms with Crippen LogP contribution in [0.3, 0.4) is 0 Å².